The molecular weight excluding hydrogens is 422 g/mol. The molecule has 0 amide bonds. The lowest BCUT2D eigenvalue weighted by Crippen LogP contribution is -2.29. The molecule has 5 N–H and O–H groups in total. The van der Waals surface area contributed by atoms with Gasteiger partial charge in [-0.05, 0) is 45.9 Å². The van der Waals surface area contributed by atoms with E-state index in [1.807, 2.05) is 38.1 Å². The van der Waals surface area contributed by atoms with E-state index in [2.05, 4.69) is 20.4 Å². The van der Waals surface area contributed by atoms with Gasteiger partial charge in [0.05, 0.1) is 23.1 Å². The van der Waals surface area contributed by atoms with Crippen LogP contribution in [0.3, 0.4) is 0 Å². The molecule has 3 aromatic rings. The Morgan fingerprint density at radius 1 is 1.21 bits per heavy atom. The van der Waals surface area contributed by atoms with Gasteiger partial charge < -0.3 is 30.5 Å². The Balaban J connectivity index is 0.000000442. The summed E-state index contributed by atoms with van der Waals surface area (Å²) in [5, 5.41) is 25.4. The number of rotatable bonds is 7. The largest absolute Gasteiger partial charge is 0.491 e. The molecule has 1 unspecified atom stereocenters. The van der Waals surface area contributed by atoms with Crippen LogP contribution in [-0.4, -0.2) is 57.7 Å². The van der Waals surface area contributed by atoms with Crippen LogP contribution in [0.1, 0.15) is 37.1 Å². The molecule has 9 heteroatoms. The minimum Gasteiger partial charge on any atom is -0.491 e. The van der Waals surface area contributed by atoms with Gasteiger partial charge in [0, 0.05) is 18.2 Å². The average molecular weight is 456 g/mol. The average Bonchev–Trinajstić information content (AvgIpc) is 3.40. The zero-order chi connectivity index (χ0) is 23.8. The van der Waals surface area contributed by atoms with Crippen molar-refractivity contribution >= 4 is 5.82 Å². The molecule has 33 heavy (non-hydrogen) atoms. The zero-order valence-corrected chi connectivity index (χ0v) is 19.4. The number of nitrogen functional groups attached to an aromatic ring is 1. The van der Waals surface area contributed by atoms with Gasteiger partial charge in [-0.15, -0.1) is 0 Å². The second-order valence-electron chi connectivity index (χ2n) is 8.19. The molecule has 1 saturated carbocycles. The summed E-state index contributed by atoms with van der Waals surface area (Å²) in [4.78, 5) is 8.97. The third-order valence-electron chi connectivity index (χ3n) is 5.33. The third-order valence-corrected chi connectivity index (χ3v) is 5.33. The lowest BCUT2D eigenvalue weighted by atomic mass is 10.1. The summed E-state index contributed by atoms with van der Waals surface area (Å²) in [6, 6.07) is 9.06. The van der Waals surface area contributed by atoms with E-state index >= 15 is 0 Å². The van der Waals surface area contributed by atoms with Crippen LogP contribution in [0.25, 0.3) is 22.6 Å². The quantitative estimate of drug-likeness (QED) is 0.423. The minimum atomic E-state index is -0.589. The molecule has 1 aromatic carbocycles. The van der Waals surface area contributed by atoms with Crippen LogP contribution >= 0.6 is 0 Å². The molecule has 0 bridgehead atoms. The molecule has 1 aliphatic carbocycles. The van der Waals surface area contributed by atoms with Gasteiger partial charge in [0.25, 0.3) is 0 Å². The number of ether oxygens (including phenoxy) is 1. The molecule has 0 aliphatic heterocycles. The number of nitrogens with zero attached hydrogens (tertiary/aromatic N) is 3. The highest BCUT2D eigenvalue weighted by molar-refractivity contribution is 5.69. The van der Waals surface area contributed by atoms with Crippen molar-refractivity contribution in [2.75, 3.05) is 25.9 Å². The molecular formula is C24H33N5O4. The fourth-order valence-corrected chi connectivity index (χ4v) is 3.69. The van der Waals surface area contributed by atoms with E-state index in [9.17, 15) is 5.11 Å². The Morgan fingerprint density at radius 3 is 2.58 bits per heavy atom. The van der Waals surface area contributed by atoms with E-state index in [4.69, 9.17) is 20.1 Å². The second-order valence-corrected chi connectivity index (χ2v) is 8.19. The Bertz CT molecular complexity index is 1010. The number of hydrogen-bond donors (Lipinski definition) is 4. The van der Waals surface area contributed by atoms with Crippen molar-refractivity contribution in [3.05, 3.63) is 41.8 Å². The fraction of sp³-hybridized carbons (Fsp3) is 0.458. The van der Waals surface area contributed by atoms with E-state index in [1.54, 1.807) is 13.1 Å². The molecule has 2 heterocycles. The molecule has 0 radical (unpaired) electrons. The number of benzene rings is 1. The molecule has 1 fully saturated rings. The van der Waals surface area contributed by atoms with Gasteiger partial charge in [0.15, 0.2) is 5.82 Å². The highest BCUT2D eigenvalue weighted by Crippen LogP contribution is 2.29. The van der Waals surface area contributed by atoms with E-state index in [1.165, 1.54) is 12.8 Å². The summed E-state index contributed by atoms with van der Waals surface area (Å²) in [6.45, 7) is 4.33. The summed E-state index contributed by atoms with van der Waals surface area (Å²) >= 11 is 0. The number of hydrogen-bond acceptors (Lipinski definition) is 9. The van der Waals surface area contributed by atoms with Crippen LogP contribution in [0.15, 0.2) is 34.9 Å². The van der Waals surface area contributed by atoms with Crippen molar-refractivity contribution < 1.29 is 19.5 Å². The molecule has 1 aliphatic rings. The predicted octanol–water partition coefficient (Wildman–Crippen LogP) is 2.88. The maximum atomic E-state index is 9.78. The monoisotopic (exact) mass is 455 g/mol. The minimum absolute atomic E-state index is 0.0463. The zero-order valence-electron chi connectivity index (χ0n) is 19.4. The van der Waals surface area contributed by atoms with Crippen LogP contribution in [-0.2, 0) is 0 Å². The van der Waals surface area contributed by atoms with Gasteiger partial charge in [-0.1, -0.05) is 30.1 Å². The van der Waals surface area contributed by atoms with Crippen molar-refractivity contribution in [1.82, 2.24) is 20.4 Å². The molecule has 178 valence electrons. The summed E-state index contributed by atoms with van der Waals surface area (Å²) in [7, 11) is 1.78. The summed E-state index contributed by atoms with van der Waals surface area (Å²) in [6.07, 6.45) is 4.01. The SMILES string of the molecule is CNCC(O)COc1cccc(-c2nc(N)cc(-c3c(C)noc3C)n2)c1.OC1CCCC1. The van der Waals surface area contributed by atoms with Crippen LogP contribution in [0.4, 0.5) is 5.82 Å². The first-order valence-electron chi connectivity index (χ1n) is 11.2. The standard InChI is InChI=1S/C19H23N5O3.C5H10O/c1-11-18(12(2)27-24-11)16-8-17(20)23-19(22-16)13-5-4-6-15(7-13)26-10-14(25)9-21-3;6-5-3-1-2-4-5/h4-8,14,21,25H,9-10H2,1-3H3,(H2,20,22,23);5-6H,1-4H2. The van der Waals surface area contributed by atoms with Crippen molar-refractivity contribution in [2.45, 2.75) is 51.7 Å². The van der Waals surface area contributed by atoms with Gasteiger partial charge in [0.1, 0.15) is 30.0 Å². The first-order chi connectivity index (χ1) is 15.9. The maximum Gasteiger partial charge on any atom is 0.162 e. The van der Waals surface area contributed by atoms with Crippen molar-refractivity contribution in [2.24, 2.45) is 0 Å². The first kappa shape index (κ1) is 24.6. The van der Waals surface area contributed by atoms with Crippen molar-refractivity contribution in [3.63, 3.8) is 0 Å². The number of anilines is 1. The van der Waals surface area contributed by atoms with Gasteiger partial charge >= 0.3 is 0 Å². The number of nitrogens with one attached hydrogen (secondary N) is 1. The highest BCUT2D eigenvalue weighted by Gasteiger charge is 2.16. The van der Waals surface area contributed by atoms with Gasteiger partial charge in [-0.25, -0.2) is 9.97 Å². The molecule has 4 rings (SSSR count). The molecule has 9 nitrogen and oxygen atoms in total. The van der Waals surface area contributed by atoms with Gasteiger partial charge in [-0.3, -0.25) is 0 Å². The molecule has 2 aromatic heterocycles. The smallest absolute Gasteiger partial charge is 0.162 e. The van der Waals surface area contributed by atoms with Crippen molar-refractivity contribution in [1.29, 1.82) is 0 Å². The Hall–Kier alpha value is -3.01. The predicted molar refractivity (Wildman–Crippen MR) is 127 cm³/mol. The Morgan fingerprint density at radius 2 is 1.97 bits per heavy atom. The van der Waals surface area contributed by atoms with Crippen LogP contribution < -0.4 is 15.8 Å². The van der Waals surface area contributed by atoms with E-state index in [-0.39, 0.29) is 12.7 Å². The third kappa shape index (κ3) is 6.98. The normalized spacial score (nSPS) is 14.6. The molecule has 1 atom stereocenters. The molecule has 0 spiro atoms. The van der Waals surface area contributed by atoms with Gasteiger partial charge in [0.2, 0.25) is 0 Å². The number of aromatic nitrogens is 3. The highest BCUT2D eigenvalue weighted by atomic mass is 16.5. The van der Waals surface area contributed by atoms with Crippen LogP contribution in [0.5, 0.6) is 5.75 Å². The lowest BCUT2D eigenvalue weighted by molar-refractivity contribution is 0.108. The van der Waals surface area contributed by atoms with E-state index in [0.717, 1.165) is 29.7 Å². The number of nitrogens with two attached hydrogens (primary N) is 1. The maximum absolute atomic E-state index is 9.78. The summed E-state index contributed by atoms with van der Waals surface area (Å²) in [5.74, 6) is 2.12. The van der Waals surface area contributed by atoms with Crippen LogP contribution in [0, 0.1) is 13.8 Å². The van der Waals surface area contributed by atoms with E-state index in [0.29, 0.717) is 35.4 Å². The summed E-state index contributed by atoms with van der Waals surface area (Å²) in [5.41, 5.74) is 8.97. The number of aliphatic hydroxyl groups excluding tert-OH is 2. The van der Waals surface area contributed by atoms with Gasteiger partial charge in [-0.2, -0.15) is 0 Å². The Labute approximate surface area is 194 Å². The Kier molecular flexibility index (Phi) is 8.76. The molecule has 0 saturated heterocycles. The van der Waals surface area contributed by atoms with Crippen LogP contribution in [0.2, 0.25) is 0 Å². The topological polar surface area (TPSA) is 140 Å². The fourth-order valence-electron chi connectivity index (χ4n) is 3.69. The number of aliphatic hydroxyl groups is 2. The van der Waals surface area contributed by atoms with E-state index < -0.39 is 6.10 Å². The lowest BCUT2D eigenvalue weighted by Gasteiger charge is -2.12. The number of aryl methyl sites for hydroxylation is 2. The summed E-state index contributed by atoms with van der Waals surface area (Å²) < 4.78 is 10.9. The van der Waals surface area contributed by atoms with Crippen molar-refractivity contribution in [3.8, 4) is 28.4 Å². The second kappa shape index (κ2) is 11.7. The first-order valence-corrected chi connectivity index (χ1v) is 11.2. The number of likely N-dealkylation sites (N-methyl/N-ethyl adjacent to an activating group) is 1.